The summed E-state index contributed by atoms with van der Waals surface area (Å²) >= 11 is 0. The molecule has 0 aliphatic rings. The fourth-order valence-corrected chi connectivity index (χ4v) is 1.26. The Morgan fingerprint density at radius 3 is 2.47 bits per heavy atom. The maximum Gasteiger partial charge on any atom is 0.150 e. The molecule has 0 aromatic heterocycles. The van der Waals surface area contributed by atoms with E-state index in [-0.39, 0.29) is 0 Å². The summed E-state index contributed by atoms with van der Waals surface area (Å²) in [4.78, 5) is 10.4. The van der Waals surface area contributed by atoms with Crippen molar-refractivity contribution in [2.75, 3.05) is 6.61 Å². The molecule has 78 valence electrons. The molecular weight excluding hydrogens is 187 g/mol. The van der Waals surface area contributed by atoms with Crippen molar-refractivity contribution in [2.45, 2.75) is 25.6 Å². The number of ether oxygens (including phenoxy) is 1. The van der Waals surface area contributed by atoms with Gasteiger partial charge in [0.2, 0.25) is 0 Å². The van der Waals surface area contributed by atoms with Crippen LogP contribution in [0.1, 0.15) is 29.6 Å². The van der Waals surface area contributed by atoms with Crippen molar-refractivity contribution in [1.82, 2.24) is 0 Å². The molecule has 0 spiro atoms. The van der Waals surface area contributed by atoms with E-state index in [1.54, 1.807) is 12.1 Å². The molecule has 2 radical (unpaired) electrons. The molecule has 1 aromatic carbocycles. The van der Waals surface area contributed by atoms with Crippen molar-refractivity contribution in [3.63, 3.8) is 0 Å². The number of rotatable bonds is 7. The Bertz CT molecular complexity index is 282. The lowest BCUT2D eigenvalue weighted by atomic mass is 10.00. The summed E-state index contributed by atoms with van der Waals surface area (Å²) in [6.45, 7) is 0.709. The minimum Gasteiger partial charge on any atom is -0.494 e. The third kappa shape index (κ3) is 4.68. The van der Waals surface area contributed by atoms with Gasteiger partial charge in [0.15, 0.2) is 0 Å². The van der Waals surface area contributed by atoms with E-state index in [0.717, 1.165) is 37.6 Å². The smallest absolute Gasteiger partial charge is 0.150 e. The zero-order chi connectivity index (χ0) is 10.9. The van der Waals surface area contributed by atoms with Crippen molar-refractivity contribution in [3.8, 4) is 5.75 Å². The predicted molar refractivity (Wildman–Crippen MR) is 61.7 cm³/mol. The Balaban J connectivity index is 2.22. The van der Waals surface area contributed by atoms with Gasteiger partial charge in [0.05, 0.1) is 14.5 Å². The Hall–Kier alpha value is -1.25. The van der Waals surface area contributed by atoms with E-state index in [0.29, 0.717) is 12.2 Å². The van der Waals surface area contributed by atoms with Gasteiger partial charge in [0, 0.05) is 5.56 Å². The number of hydrogen-bond donors (Lipinski definition) is 0. The summed E-state index contributed by atoms with van der Waals surface area (Å²) in [6.07, 6.45) is 4.74. The second kappa shape index (κ2) is 7.10. The van der Waals surface area contributed by atoms with E-state index in [1.165, 1.54) is 0 Å². The van der Waals surface area contributed by atoms with E-state index < -0.39 is 0 Å². The molecule has 2 nitrogen and oxygen atoms in total. The van der Waals surface area contributed by atoms with Gasteiger partial charge in [-0.15, -0.1) is 0 Å². The first-order valence-corrected chi connectivity index (χ1v) is 5.25. The fourth-order valence-electron chi connectivity index (χ4n) is 1.26. The second-order valence-corrected chi connectivity index (χ2v) is 3.38. The highest BCUT2D eigenvalue weighted by Crippen LogP contribution is 2.11. The molecule has 0 saturated heterocycles. The van der Waals surface area contributed by atoms with Crippen molar-refractivity contribution >= 4 is 14.1 Å². The van der Waals surface area contributed by atoms with E-state index in [2.05, 4.69) is 0 Å². The molecule has 0 fully saturated rings. The van der Waals surface area contributed by atoms with Crippen LogP contribution in [0.2, 0.25) is 6.32 Å². The third-order valence-electron chi connectivity index (χ3n) is 2.13. The lowest BCUT2D eigenvalue weighted by molar-refractivity contribution is 0.112. The zero-order valence-electron chi connectivity index (χ0n) is 8.82. The highest BCUT2D eigenvalue weighted by molar-refractivity contribution is 6.08. The molecule has 0 amide bonds. The Morgan fingerprint density at radius 2 is 1.87 bits per heavy atom. The maximum atomic E-state index is 10.4. The first-order valence-electron chi connectivity index (χ1n) is 5.25. The monoisotopic (exact) mass is 202 g/mol. The number of carbonyl (C=O) groups excluding carboxylic acids is 1. The van der Waals surface area contributed by atoms with Gasteiger partial charge in [-0.05, 0) is 30.7 Å². The quantitative estimate of drug-likeness (QED) is 0.386. The lowest BCUT2D eigenvalue weighted by Gasteiger charge is -2.05. The highest BCUT2D eigenvalue weighted by atomic mass is 16.5. The fraction of sp³-hybridized carbons (Fsp3) is 0.417. The van der Waals surface area contributed by atoms with Crippen LogP contribution in [0, 0.1) is 0 Å². The summed E-state index contributed by atoms with van der Waals surface area (Å²) in [5, 5.41) is 0. The van der Waals surface area contributed by atoms with Crippen LogP contribution >= 0.6 is 0 Å². The standard InChI is InChI=1S/C12H15BO2/c13-8-2-1-3-9-15-12-6-4-11(10-14)5-7-12/h4-7,10H,1-3,8-9H2. The maximum absolute atomic E-state index is 10.4. The largest absolute Gasteiger partial charge is 0.494 e. The zero-order valence-corrected chi connectivity index (χ0v) is 8.82. The molecule has 0 N–H and O–H groups in total. The number of carbonyl (C=O) groups is 1. The molecule has 0 aliphatic carbocycles. The summed E-state index contributed by atoms with van der Waals surface area (Å²) in [7, 11) is 5.38. The normalized spacial score (nSPS) is 9.87. The van der Waals surface area contributed by atoms with Crippen LogP contribution in [0.3, 0.4) is 0 Å². The molecule has 0 bridgehead atoms. The Morgan fingerprint density at radius 1 is 1.13 bits per heavy atom. The Labute approximate surface area is 92.0 Å². The van der Waals surface area contributed by atoms with Crippen molar-refractivity contribution in [1.29, 1.82) is 0 Å². The first kappa shape index (κ1) is 11.8. The summed E-state index contributed by atoms with van der Waals surface area (Å²) < 4.78 is 5.50. The van der Waals surface area contributed by atoms with Gasteiger partial charge in [-0.1, -0.05) is 19.2 Å². The molecule has 1 aromatic rings. The minimum atomic E-state index is 0.672. The molecule has 0 saturated carbocycles. The van der Waals surface area contributed by atoms with Crippen molar-refractivity contribution in [2.24, 2.45) is 0 Å². The number of benzene rings is 1. The predicted octanol–water partition coefficient (Wildman–Crippen LogP) is 2.64. The van der Waals surface area contributed by atoms with E-state index in [9.17, 15) is 4.79 Å². The van der Waals surface area contributed by atoms with Crippen LogP contribution in [0.5, 0.6) is 5.75 Å². The van der Waals surface area contributed by atoms with Crippen LogP contribution in [-0.2, 0) is 0 Å². The van der Waals surface area contributed by atoms with Crippen LogP contribution in [0.4, 0.5) is 0 Å². The second-order valence-electron chi connectivity index (χ2n) is 3.38. The van der Waals surface area contributed by atoms with E-state index in [4.69, 9.17) is 12.6 Å². The molecular formula is C12H15BO2. The van der Waals surface area contributed by atoms with Gasteiger partial charge in [-0.2, -0.15) is 0 Å². The molecule has 0 atom stereocenters. The molecule has 0 heterocycles. The van der Waals surface area contributed by atoms with Gasteiger partial charge in [0.25, 0.3) is 0 Å². The SMILES string of the molecule is [B]CCCCCOc1ccc(C=O)cc1. The van der Waals surface area contributed by atoms with Gasteiger partial charge in [-0.25, -0.2) is 0 Å². The van der Waals surface area contributed by atoms with Gasteiger partial charge in [0.1, 0.15) is 12.0 Å². The topological polar surface area (TPSA) is 26.3 Å². The van der Waals surface area contributed by atoms with Crippen molar-refractivity contribution in [3.05, 3.63) is 29.8 Å². The molecule has 3 heteroatoms. The third-order valence-corrected chi connectivity index (χ3v) is 2.13. The minimum absolute atomic E-state index is 0.672. The van der Waals surface area contributed by atoms with Crippen LogP contribution in [-0.4, -0.2) is 20.7 Å². The van der Waals surface area contributed by atoms with Gasteiger partial charge < -0.3 is 4.74 Å². The van der Waals surface area contributed by atoms with Gasteiger partial charge in [-0.3, -0.25) is 4.79 Å². The summed E-state index contributed by atoms with van der Waals surface area (Å²) in [5.74, 6) is 0.813. The lowest BCUT2D eigenvalue weighted by Crippen LogP contribution is -1.97. The number of aldehydes is 1. The number of hydrogen-bond acceptors (Lipinski definition) is 2. The summed E-state index contributed by atoms with van der Waals surface area (Å²) in [6, 6.07) is 7.13. The molecule has 1 rings (SSSR count). The van der Waals surface area contributed by atoms with Crippen LogP contribution < -0.4 is 4.74 Å². The summed E-state index contributed by atoms with van der Waals surface area (Å²) in [5.41, 5.74) is 0.672. The number of unbranched alkanes of at least 4 members (excludes halogenated alkanes) is 2. The Kier molecular flexibility index (Phi) is 5.60. The average molecular weight is 202 g/mol. The van der Waals surface area contributed by atoms with Crippen molar-refractivity contribution < 1.29 is 9.53 Å². The van der Waals surface area contributed by atoms with E-state index >= 15 is 0 Å². The molecule has 0 aliphatic heterocycles. The first-order chi connectivity index (χ1) is 7.36. The molecule has 0 unspecified atom stereocenters. The van der Waals surface area contributed by atoms with Crippen LogP contribution in [0.25, 0.3) is 0 Å². The van der Waals surface area contributed by atoms with Crippen LogP contribution in [0.15, 0.2) is 24.3 Å². The highest BCUT2D eigenvalue weighted by Gasteiger charge is 1.94. The molecule has 15 heavy (non-hydrogen) atoms. The average Bonchev–Trinajstić information content (AvgIpc) is 2.30. The van der Waals surface area contributed by atoms with E-state index in [1.807, 2.05) is 12.1 Å². The van der Waals surface area contributed by atoms with Gasteiger partial charge >= 0.3 is 0 Å².